The van der Waals surface area contributed by atoms with Crippen LogP contribution in [0.5, 0.6) is 0 Å². The molecule has 1 aromatic rings. The number of rotatable bonds is 4. The molecule has 1 aliphatic heterocycles. The Morgan fingerprint density at radius 2 is 1.83 bits per heavy atom. The number of esters is 1. The van der Waals surface area contributed by atoms with E-state index in [9.17, 15) is 9.90 Å². The first-order chi connectivity index (χ1) is 10.9. The second-order valence-corrected chi connectivity index (χ2v) is 7.77. The molecule has 1 heterocycles. The molecule has 0 radical (unpaired) electrons. The van der Waals surface area contributed by atoms with E-state index >= 15 is 0 Å². The first-order valence-corrected chi connectivity index (χ1v) is 8.73. The van der Waals surface area contributed by atoms with Crippen LogP contribution in [0.15, 0.2) is 30.3 Å². The number of likely N-dealkylation sites (N-methyl/N-ethyl adjacent to an activating group) is 1. The van der Waals surface area contributed by atoms with Crippen molar-refractivity contribution in [3.8, 4) is 0 Å². The summed E-state index contributed by atoms with van der Waals surface area (Å²) >= 11 is 0. The second-order valence-electron chi connectivity index (χ2n) is 7.77. The van der Waals surface area contributed by atoms with E-state index in [1.807, 2.05) is 30.3 Å². The largest absolute Gasteiger partial charge is 0.454 e. The summed E-state index contributed by atoms with van der Waals surface area (Å²) in [5.74, 6) is -0.496. The molecule has 23 heavy (non-hydrogen) atoms. The van der Waals surface area contributed by atoms with Crippen molar-refractivity contribution in [3.63, 3.8) is 0 Å². The Kier molecular flexibility index (Phi) is 4.47. The molecule has 1 aliphatic carbocycles. The van der Waals surface area contributed by atoms with Crippen LogP contribution in [-0.4, -0.2) is 48.8 Å². The van der Waals surface area contributed by atoms with Gasteiger partial charge in [-0.15, -0.1) is 0 Å². The van der Waals surface area contributed by atoms with Crippen LogP contribution in [0.3, 0.4) is 0 Å². The zero-order valence-electron chi connectivity index (χ0n) is 14.2. The van der Waals surface area contributed by atoms with Gasteiger partial charge in [0.15, 0.2) is 11.7 Å². The summed E-state index contributed by atoms with van der Waals surface area (Å²) in [5, 5.41) is 11.4. The third-order valence-electron chi connectivity index (χ3n) is 5.50. The van der Waals surface area contributed by atoms with Crippen molar-refractivity contribution in [2.45, 2.75) is 43.8 Å². The zero-order chi connectivity index (χ0) is 16.5. The van der Waals surface area contributed by atoms with Crippen molar-refractivity contribution in [1.29, 1.82) is 0 Å². The molecule has 0 unspecified atom stereocenters. The highest BCUT2D eigenvalue weighted by molar-refractivity contribution is 5.81. The van der Waals surface area contributed by atoms with E-state index in [1.165, 1.54) is 0 Å². The van der Waals surface area contributed by atoms with Crippen LogP contribution in [-0.2, 0) is 15.1 Å². The first-order valence-electron chi connectivity index (χ1n) is 8.73. The number of likely N-dealkylation sites (tertiary alicyclic amines) is 1. The van der Waals surface area contributed by atoms with Crippen molar-refractivity contribution >= 4 is 5.97 Å². The SMILES string of the molecule is C[N+]1(C)CC[C@H](OC(=O)[C@@](O)(c2ccccc2)C2CCCC2)C1. The Morgan fingerprint density at radius 3 is 2.39 bits per heavy atom. The number of benzene rings is 1. The maximum atomic E-state index is 12.9. The number of aliphatic hydroxyl groups is 1. The monoisotopic (exact) mass is 318 g/mol. The summed E-state index contributed by atoms with van der Waals surface area (Å²) in [5.41, 5.74) is -0.832. The molecular weight excluding hydrogens is 290 g/mol. The van der Waals surface area contributed by atoms with Gasteiger partial charge in [-0.3, -0.25) is 0 Å². The molecule has 4 nitrogen and oxygen atoms in total. The average molecular weight is 318 g/mol. The molecular formula is C19H28NO3+. The van der Waals surface area contributed by atoms with Gasteiger partial charge in [0.05, 0.1) is 20.6 Å². The third-order valence-corrected chi connectivity index (χ3v) is 5.50. The summed E-state index contributed by atoms with van der Waals surface area (Å²) < 4.78 is 6.64. The first kappa shape index (κ1) is 16.5. The van der Waals surface area contributed by atoms with E-state index < -0.39 is 11.6 Å². The Hall–Kier alpha value is -1.39. The Labute approximate surface area is 138 Å². The lowest BCUT2D eigenvalue weighted by Gasteiger charge is -2.33. The van der Waals surface area contributed by atoms with E-state index in [0.717, 1.165) is 49.7 Å². The van der Waals surface area contributed by atoms with Crippen LogP contribution >= 0.6 is 0 Å². The summed E-state index contributed by atoms with van der Waals surface area (Å²) in [6, 6.07) is 9.33. The number of carbonyl (C=O) groups excluding carboxylic acids is 1. The molecule has 126 valence electrons. The second kappa shape index (κ2) is 6.25. The normalized spacial score (nSPS) is 26.8. The van der Waals surface area contributed by atoms with Gasteiger partial charge < -0.3 is 14.3 Å². The molecule has 0 aromatic heterocycles. The predicted octanol–water partition coefficient (Wildman–Crippen LogP) is 2.46. The lowest BCUT2D eigenvalue weighted by Crippen LogP contribution is -2.46. The minimum Gasteiger partial charge on any atom is -0.454 e. The van der Waals surface area contributed by atoms with Gasteiger partial charge >= 0.3 is 5.97 Å². The van der Waals surface area contributed by atoms with Crippen LogP contribution in [0, 0.1) is 5.92 Å². The molecule has 2 atom stereocenters. The van der Waals surface area contributed by atoms with Crippen molar-refractivity contribution in [1.82, 2.24) is 0 Å². The van der Waals surface area contributed by atoms with Crippen molar-refractivity contribution in [2.75, 3.05) is 27.2 Å². The number of quaternary nitrogens is 1. The van der Waals surface area contributed by atoms with Crippen LogP contribution in [0.4, 0.5) is 0 Å². The van der Waals surface area contributed by atoms with Gasteiger partial charge in [-0.2, -0.15) is 0 Å². The Bertz CT molecular complexity index is 551. The molecule has 2 aliphatic rings. The lowest BCUT2D eigenvalue weighted by molar-refractivity contribution is -0.879. The van der Waals surface area contributed by atoms with Crippen molar-refractivity contribution in [3.05, 3.63) is 35.9 Å². The molecule has 1 saturated heterocycles. The van der Waals surface area contributed by atoms with Crippen LogP contribution in [0.25, 0.3) is 0 Å². The van der Waals surface area contributed by atoms with Gasteiger partial charge in [-0.25, -0.2) is 4.79 Å². The Morgan fingerprint density at radius 1 is 1.17 bits per heavy atom. The van der Waals surface area contributed by atoms with Crippen LogP contribution in [0.1, 0.15) is 37.7 Å². The number of hydrogen-bond donors (Lipinski definition) is 1. The smallest absolute Gasteiger partial charge is 0.343 e. The highest BCUT2D eigenvalue weighted by Gasteiger charge is 2.49. The summed E-state index contributed by atoms with van der Waals surface area (Å²) in [4.78, 5) is 12.9. The van der Waals surface area contributed by atoms with Gasteiger partial charge in [0, 0.05) is 12.3 Å². The van der Waals surface area contributed by atoms with E-state index in [1.54, 1.807) is 0 Å². The summed E-state index contributed by atoms with van der Waals surface area (Å²) in [6.07, 6.45) is 4.68. The predicted molar refractivity (Wildman–Crippen MR) is 88.6 cm³/mol. The third kappa shape index (κ3) is 3.29. The molecule has 1 aromatic carbocycles. The molecule has 1 saturated carbocycles. The van der Waals surface area contributed by atoms with E-state index in [0.29, 0.717) is 5.56 Å². The van der Waals surface area contributed by atoms with Gasteiger partial charge in [-0.05, 0) is 18.4 Å². The van der Waals surface area contributed by atoms with Gasteiger partial charge in [0.1, 0.15) is 6.54 Å². The molecule has 0 spiro atoms. The quantitative estimate of drug-likeness (QED) is 0.685. The van der Waals surface area contributed by atoms with Gasteiger partial charge in [0.25, 0.3) is 0 Å². The minimum atomic E-state index is -1.50. The number of ether oxygens (including phenoxy) is 1. The standard InChI is InChI=1S/C19H28NO3/c1-20(2)13-12-17(14-20)23-18(21)19(22,16-10-6-7-11-16)15-8-4-3-5-9-15/h3-5,8-9,16-17,22H,6-7,10-14H2,1-2H3/q+1/t17-,19+/m0/s1. The fraction of sp³-hybridized carbons (Fsp3) is 0.632. The molecule has 2 fully saturated rings. The molecule has 1 N–H and O–H groups in total. The number of carbonyl (C=O) groups is 1. The van der Waals surface area contributed by atoms with Gasteiger partial charge in [0.2, 0.25) is 0 Å². The highest BCUT2D eigenvalue weighted by atomic mass is 16.6. The maximum absolute atomic E-state index is 12.9. The van der Waals surface area contributed by atoms with Crippen molar-refractivity contribution in [2.24, 2.45) is 5.92 Å². The fourth-order valence-electron chi connectivity index (χ4n) is 4.12. The zero-order valence-corrected chi connectivity index (χ0v) is 14.2. The van der Waals surface area contributed by atoms with E-state index in [4.69, 9.17) is 4.74 Å². The van der Waals surface area contributed by atoms with Crippen LogP contribution < -0.4 is 0 Å². The number of nitrogens with zero attached hydrogens (tertiary/aromatic N) is 1. The Balaban J connectivity index is 1.82. The highest BCUT2D eigenvalue weighted by Crippen LogP contribution is 2.42. The molecule has 0 bridgehead atoms. The van der Waals surface area contributed by atoms with Crippen LogP contribution in [0.2, 0.25) is 0 Å². The van der Waals surface area contributed by atoms with E-state index in [-0.39, 0.29) is 12.0 Å². The summed E-state index contributed by atoms with van der Waals surface area (Å²) in [6.45, 7) is 1.83. The maximum Gasteiger partial charge on any atom is 0.343 e. The number of hydrogen-bond acceptors (Lipinski definition) is 3. The van der Waals surface area contributed by atoms with Gasteiger partial charge in [-0.1, -0.05) is 43.2 Å². The van der Waals surface area contributed by atoms with Crippen molar-refractivity contribution < 1.29 is 19.1 Å². The average Bonchev–Trinajstić information content (AvgIpc) is 3.17. The molecule has 0 amide bonds. The van der Waals surface area contributed by atoms with E-state index in [2.05, 4.69) is 14.1 Å². The summed E-state index contributed by atoms with van der Waals surface area (Å²) in [7, 11) is 4.29. The minimum absolute atomic E-state index is 0.0405. The molecule has 3 rings (SSSR count). The topological polar surface area (TPSA) is 46.5 Å². The molecule has 4 heteroatoms. The fourth-order valence-corrected chi connectivity index (χ4v) is 4.12. The lowest BCUT2D eigenvalue weighted by atomic mass is 9.80.